The highest BCUT2D eigenvalue weighted by atomic mass is 79.9. The van der Waals surface area contributed by atoms with Crippen LogP contribution in [-0.2, 0) is 7.05 Å². The number of hydrogen-bond donors (Lipinski definition) is 0. The summed E-state index contributed by atoms with van der Waals surface area (Å²) >= 11 is 9.28. The summed E-state index contributed by atoms with van der Waals surface area (Å²) in [6.45, 7) is 1.66. The lowest BCUT2D eigenvalue weighted by Gasteiger charge is -2.07. The molecule has 0 saturated carbocycles. The molecule has 0 N–H and O–H groups in total. The number of halogens is 2. The highest BCUT2D eigenvalue weighted by molar-refractivity contribution is 9.10. The van der Waals surface area contributed by atoms with E-state index in [1.807, 2.05) is 0 Å². The number of aryl methyl sites for hydroxylation is 1. The van der Waals surface area contributed by atoms with Crippen LogP contribution in [0.5, 0.6) is 11.6 Å². The summed E-state index contributed by atoms with van der Waals surface area (Å²) in [5, 5.41) is 11.3. The lowest BCUT2D eigenvalue weighted by molar-refractivity contribution is -0.390. The third-order valence-electron chi connectivity index (χ3n) is 2.52. The molecule has 0 bridgehead atoms. The molecule has 0 radical (unpaired) electrons. The van der Waals surface area contributed by atoms with Gasteiger partial charge in [-0.1, -0.05) is 27.5 Å². The van der Waals surface area contributed by atoms with Gasteiger partial charge in [-0.15, -0.1) is 0 Å². The number of imidazole rings is 1. The van der Waals surface area contributed by atoms with Gasteiger partial charge in [0, 0.05) is 18.4 Å². The van der Waals surface area contributed by atoms with E-state index in [9.17, 15) is 10.1 Å². The normalized spacial score (nSPS) is 10.5. The fraction of sp³-hybridized carbons (Fsp3) is 0.182. The highest BCUT2D eigenvalue weighted by Crippen LogP contribution is 2.36. The zero-order valence-electron chi connectivity index (χ0n) is 10.1. The number of hydrogen-bond acceptors (Lipinski definition) is 4. The molecule has 2 aromatic rings. The van der Waals surface area contributed by atoms with Crippen LogP contribution in [0.3, 0.4) is 0 Å². The van der Waals surface area contributed by atoms with Crippen LogP contribution in [0.2, 0.25) is 5.02 Å². The predicted molar refractivity (Wildman–Crippen MR) is 73.8 cm³/mol. The highest BCUT2D eigenvalue weighted by Gasteiger charge is 2.26. The molecule has 0 aliphatic carbocycles. The first-order chi connectivity index (χ1) is 8.90. The van der Waals surface area contributed by atoms with Crippen LogP contribution in [-0.4, -0.2) is 14.5 Å². The number of nitrogens with zero attached hydrogens (tertiary/aromatic N) is 3. The van der Waals surface area contributed by atoms with Gasteiger partial charge >= 0.3 is 11.7 Å². The van der Waals surface area contributed by atoms with Crippen molar-refractivity contribution in [2.45, 2.75) is 6.92 Å². The van der Waals surface area contributed by atoms with Crippen molar-refractivity contribution in [1.29, 1.82) is 0 Å². The van der Waals surface area contributed by atoms with Crippen molar-refractivity contribution in [1.82, 2.24) is 9.55 Å². The standard InChI is InChI=1S/C11H9BrClN3O3/c1-6-14-10(16(17)18)11(15(6)2)19-9-5-7(12)3-4-8(9)13/h3-5H,1-2H3. The maximum atomic E-state index is 10.9. The third kappa shape index (κ3) is 2.71. The summed E-state index contributed by atoms with van der Waals surface area (Å²) < 4.78 is 7.78. The zero-order chi connectivity index (χ0) is 14.2. The smallest absolute Gasteiger partial charge is 0.427 e. The van der Waals surface area contributed by atoms with Gasteiger partial charge in [-0.2, -0.15) is 0 Å². The largest absolute Gasteiger partial charge is 0.432 e. The average molecular weight is 347 g/mol. The van der Waals surface area contributed by atoms with E-state index in [-0.39, 0.29) is 11.7 Å². The number of aromatic nitrogens is 2. The van der Waals surface area contributed by atoms with Crippen LogP contribution >= 0.6 is 27.5 Å². The van der Waals surface area contributed by atoms with E-state index < -0.39 is 4.92 Å². The number of ether oxygens (including phenoxy) is 1. The Morgan fingerprint density at radius 1 is 1.53 bits per heavy atom. The topological polar surface area (TPSA) is 70.2 Å². The summed E-state index contributed by atoms with van der Waals surface area (Å²) in [6.07, 6.45) is 0. The Kier molecular flexibility index (Phi) is 3.77. The maximum absolute atomic E-state index is 10.9. The second kappa shape index (κ2) is 5.18. The minimum absolute atomic E-state index is 0.0440. The molecule has 0 atom stereocenters. The van der Waals surface area contributed by atoms with Crippen molar-refractivity contribution in [2.24, 2.45) is 7.05 Å². The molecule has 0 spiro atoms. The van der Waals surface area contributed by atoms with E-state index in [1.165, 1.54) is 4.57 Å². The van der Waals surface area contributed by atoms with Gasteiger partial charge in [0.1, 0.15) is 5.75 Å². The van der Waals surface area contributed by atoms with E-state index in [1.54, 1.807) is 32.2 Å². The SMILES string of the molecule is Cc1nc([N+](=O)[O-])c(Oc2cc(Br)ccc2Cl)n1C. The van der Waals surface area contributed by atoms with E-state index in [0.717, 1.165) is 4.47 Å². The Balaban J connectivity index is 2.48. The molecule has 1 aromatic carbocycles. The van der Waals surface area contributed by atoms with Gasteiger partial charge in [0.05, 0.1) is 5.02 Å². The van der Waals surface area contributed by atoms with Gasteiger partial charge in [0.15, 0.2) is 0 Å². The molecular formula is C11H9BrClN3O3. The summed E-state index contributed by atoms with van der Waals surface area (Å²) in [4.78, 5) is 14.2. The second-order valence-corrected chi connectivity index (χ2v) is 5.10. The van der Waals surface area contributed by atoms with Gasteiger partial charge in [-0.3, -0.25) is 4.57 Å². The molecule has 19 heavy (non-hydrogen) atoms. The van der Waals surface area contributed by atoms with E-state index in [4.69, 9.17) is 16.3 Å². The quantitative estimate of drug-likeness (QED) is 0.625. The second-order valence-electron chi connectivity index (χ2n) is 3.78. The third-order valence-corrected chi connectivity index (χ3v) is 3.33. The number of nitro groups is 1. The monoisotopic (exact) mass is 345 g/mol. The van der Waals surface area contributed by atoms with Crippen molar-refractivity contribution in [3.63, 3.8) is 0 Å². The van der Waals surface area contributed by atoms with Gasteiger partial charge in [0.25, 0.3) is 0 Å². The van der Waals surface area contributed by atoms with Crippen molar-refractivity contribution in [3.05, 3.63) is 43.6 Å². The molecule has 2 rings (SSSR count). The zero-order valence-corrected chi connectivity index (χ0v) is 12.4. The Hall–Kier alpha value is -1.60. The Morgan fingerprint density at radius 2 is 2.21 bits per heavy atom. The predicted octanol–water partition coefficient (Wildman–Crippen LogP) is 3.84. The van der Waals surface area contributed by atoms with E-state index >= 15 is 0 Å². The first kappa shape index (κ1) is 13.8. The molecule has 0 unspecified atom stereocenters. The van der Waals surface area contributed by atoms with Crippen LogP contribution in [0.1, 0.15) is 5.82 Å². The molecular weight excluding hydrogens is 337 g/mol. The van der Waals surface area contributed by atoms with Crippen LogP contribution in [0.25, 0.3) is 0 Å². The van der Waals surface area contributed by atoms with Gasteiger partial charge in [-0.05, 0) is 28.1 Å². The van der Waals surface area contributed by atoms with Crippen LogP contribution in [0.15, 0.2) is 22.7 Å². The van der Waals surface area contributed by atoms with E-state index in [0.29, 0.717) is 16.6 Å². The molecule has 0 aliphatic rings. The summed E-state index contributed by atoms with van der Waals surface area (Å²) in [5.41, 5.74) is 0. The molecule has 0 amide bonds. The van der Waals surface area contributed by atoms with E-state index in [2.05, 4.69) is 20.9 Å². The molecule has 1 heterocycles. The Morgan fingerprint density at radius 3 is 2.84 bits per heavy atom. The minimum Gasteiger partial charge on any atom is -0.432 e. The van der Waals surface area contributed by atoms with Crippen molar-refractivity contribution in [2.75, 3.05) is 0 Å². The average Bonchev–Trinajstić information content (AvgIpc) is 2.62. The summed E-state index contributed by atoms with van der Waals surface area (Å²) in [6, 6.07) is 5.02. The molecule has 0 fully saturated rings. The maximum Gasteiger partial charge on any atom is 0.427 e. The molecule has 100 valence electrons. The Bertz CT molecular complexity index is 657. The number of benzene rings is 1. The van der Waals surface area contributed by atoms with Crippen molar-refractivity contribution in [3.8, 4) is 11.6 Å². The lowest BCUT2D eigenvalue weighted by Crippen LogP contribution is -1.98. The lowest BCUT2D eigenvalue weighted by atomic mass is 10.3. The van der Waals surface area contributed by atoms with Gasteiger partial charge < -0.3 is 14.9 Å². The minimum atomic E-state index is -0.589. The fourth-order valence-electron chi connectivity index (χ4n) is 1.47. The molecule has 8 heteroatoms. The number of rotatable bonds is 3. The summed E-state index contributed by atoms with van der Waals surface area (Å²) in [7, 11) is 1.64. The van der Waals surface area contributed by atoms with Crippen molar-refractivity contribution < 1.29 is 9.66 Å². The molecule has 1 aromatic heterocycles. The van der Waals surface area contributed by atoms with Crippen LogP contribution in [0, 0.1) is 17.0 Å². The first-order valence-corrected chi connectivity index (χ1v) is 6.38. The van der Waals surface area contributed by atoms with Crippen molar-refractivity contribution >= 4 is 33.3 Å². The Labute approximate surface area is 122 Å². The summed E-state index contributed by atoms with van der Waals surface area (Å²) in [5.74, 6) is 0.508. The fourth-order valence-corrected chi connectivity index (χ4v) is 1.96. The first-order valence-electron chi connectivity index (χ1n) is 5.20. The van der Waals surface area contributed by atoms with Gasteiger partial charge in [-0.25, -0.2) is 0 Å². The molecule has 0 aliphatic heterocycles. The van der Waals surface area contributed by atoms with Crippen LogP contribution < -0.4 is 4.74 Å². The molecule has 0 saturated heterocycles. The van der Waals surface area contributed by atoms with Crippen LogP contribution in [0.4, 0.5) is 5.82 Å². The van der Waals surface area contributed by atoms with Gasteiger partial charge in [0.2, 0.25) is 5.82 Å². The molecule has 6 nitrogen and oxygen atoms in total.